The van der Waals surface area contributed by atoms with Gasteiger partial charge in [0.25, 0.3) is 0 Å². The van der Waals surface area contributed by atoms with E-state index in [-0.39, 0.29) is 0 Å². The van der Waals surface area contributed by atoms with Crippen molar-refractivity contribution in [1.82, 2.24) is 0 Å². The molecule has 2 aromatic rings. The van der Waals surface area contributed by atoms with Crippen molar-refractivity contribution in [2.75, 3.05) is 0 Å². The quantitative estimate of drug-likeness (QED) is 0.475. The highest BCUT2D eigenvalue weighted by molar-refractivity contribution is 6.32. The highest BCUT2D eigenvalue weighted by atomic mass is 14.2. The summed E-state index contributed by atoms with van der Waals surface area (Å²) in [5.74, 6) is 0. The number of fused-ring (bicyclic) bond motifs is 3. The van der Waals surface area contributed by atoms with E-state index >= 15 is 0 Å². The van der Waals surface area contributed by atoms with E-state index in [0.717, 1.165) is 5.57 Å². The van der Waals surface area contributed by atoms with Crippen LogP contribution in [0.3, 0.4) is 0 Å². The standard InChI is InChI=1S/C14H11B/c1-9-11-4-2-3-5-12(11)13-7-6-10(15)8-14(9)13/h2-8H,1,15H2. The second kappa shape index (κ2) is 2.87. The molecule has 15 heavy (non-hydrogen) atoms. The zero-order valence-corrected chi connectivity index (χ0v) is 8.75. The van der Waals surface area contributed by atoms with Gasteiger partial charge in [-0.1, -0.05) is 54.5 Å². The fourth-order valence-electron chi connectivity index (χ4n) is 2.27. The monoisotopic (exact) mass is 190 g/mol. The molecule has 0 fully saturated rings. The molecule has 2 aromatic carbocycles. The van der Waals surface area contributed by atoms with Crippen molar-refractivity contribution in [3.8, 4) is 11.1 Å². The second-order valence-corrected chi connectivity index (χ2v) is 4.07. The molecule has 0 spiro atoms. The Hall–Kier alpha value is -1.76. The first-order valence-corrected chi connectivity index (χ1v) is 5.17. The lowest BCUT2D eigenvalue weighted by Gasteiger charge is -2.01. The van der Waals surface area contributed by atoms with Crippen LogP contribution in [0.4, 0.5) is 0 Å². The minimum Gasteiger partial charge on any atom is -0.0905 e. The van der Waals surface area contributed by atoms with Crippen molar-refractivity contribution in [3.63, 3.8) is 0 Å². The van der Waals surface area contributed by atoms with Crippen molar-refractivity contribution in [2.45, 2.75) is 0 Å². The van der Waals surface area contributed by atoms with Crippen molar-refractivity contribution < 1.29 is 0 Å². The molecule has 1 heteroatoms. The minimum absolute atomic E-state index is 1.16. The molecule has 70 valence electrons. The van der Waals surface area contributed by atoms with Gasteiger partial charge in [0.15, 0.2) is 0 Å². The SMILES string of the molecule is Bc1ccc2c(c1)C(=C)c1ccccc1-2. The minimum atomic E-state index is 1.16. The van der Waals surface area contributed by atoms with Gasteiger partial charge in [0.1, 0.15) is 7.85 Å². The van der Waals surface area contributed by atoms with Gasteiger partial charge in [0.05, 0.1) is 0 Å². The molecule has 0 atom stereocenters. The summed E-state index contributed by atoms with van der Waals surface area (Å²) < 4.78 is 0. The average Bonchev–Trinajstić information content (AvgIpc) is 2.54. The van der Waals surface area contributed by atoms with E-state index in [0.29, 0.717) is 0 Å². The molecule has 0 unspecified atom stereocenters. The van der Waals surface area contributed by atoms with E-state index in [1.54, 1.807) is 0 Å². The largest absolute Gasteiger partial charge is 0.139 e. The molecule has 0 bridgehead atoms. The Morgan fingerprint density at radius 2 is 1.47 bits per heavy atom. The van der Waals surface area contributed by atoms with Crippen molar-refractivity contribution in [2.24, 2.45) is 0 Å². The zero-order chi connectivity index (χ0) is 10.4. The Labute approximate surface area is 90.7 Å². The molecule has 0 amide bonds. The number of hydrogen-bond acceptors (Lipinski definition) is 0. The second-order valence-electron chi connectivity index (χ2n) is 4.07. The summed E-state index contributed by atoms with van der Waals surface area (Å²) in [7, 11) is 2.12. The Kier molecular flexibility index (Phi) is 1.63. The van der Waals surface area contributed by atoms with Crippen LogP contribution in [0, 0.1) is 0 Å². The van der Waals surface area contributed by atoms with E-state index in [9.17, 15) is 0 Å². The van der Waals surface area contributed by atoms with Gasteiger partial charge in [0.2, 0.25) is 0 Å². The van der Waals surface area contributed by atoms with Crippen LogP contribution < -0.4 is 5.46 Å². The molecule has 0 N–H and O–H groups in total. The topological polar surface area (TPSA) is 0 Å². The molecule has 3 rings (SSSR count). The molecule has 1 aliphatic carbocycles. The molecule has 0 radical (unpaired) electrons. The maximum atomic E-state index is 4.18. The average molecular weight is 190 g/mol. The lowest BCUT2D eigenvalue weighted by molar-refractivity contribution is 1.66. The molecule has 1 aliphatic rings. The van der Waals surface area contributed by atoms with Crippen LogP contribution in [0.1, 0.15) is 11.1 Å². The number of benzene rings is 2. The van der Waals surface area contributed by atoms with E-state index in [4.69, 9.17) is 0 Å². The van der Waals surface area contributed by atoms with Crippen LogP contribution in [-0.2, 0) is 0 Å². The van der Waals surface area contributed by atoms with Crippen LogP contribution in [0.25, 0.3) is 16.7 Å². The van der Waals surface area contributed by atoms with Gasteiger partial charge in [-0.25, -0.2) is 0 Å². The third-order valence-electron chi connectivity index (χ3n) is 3.04. The lowest BCUT2D eigenvalue weighted by atomic mass is 9.91. The molecular weight excluding hydrogens is 179 g/mol. The smallest absolute Gasteiger partial charge is 0.0905 e. The molecule has 0 nitrogen and oxygen atoms in total. The Morgan fingerprint density at radius 3 is 2.27 bits per heavy atom. The molecule has 0 heterocycles. The van der Waals surface area contributed by atoms with Gasteiger partial charge in [-0.3, -0.25) is 0 Å². The summed E-state index contributed by atoms with van der Waals surface area (Å²) in [4.78, 5) is 0. The lowest BCUT2D eigenvalue weighted by Crippen LogP contribution is -2.01. The Morgan fingerprint density at radius 1 is 0.800 bits per heavy atom. The van der Waals surface area contributed by atoms with Crippen LogP contribution in [0.2, 0.25) is 0 Å². The highest BCUT2D eigenvalue weighted by Crippen LogP contribution is 2.42. The predicted molar refractivity (Wildman–Crippen MR) is 68.2 cm³/mol. The van der Waals surface area contributed by atoms with Gasteiger partial charge in [-0.05, 0) is 27.8 Å². The summed E-state index contributed by atoms with van der Waals surface area (Å²) in [5, 5.41) is 0. The maximum absolute atomic E-state index is 4.18. The van der Waals surface area contributed by atoms with E-state index in [1.165, 1.54) is 27.7 Å². The van der Waals surface area contributed by atoms with Crippen molar-refractivity contribution in [3.05, 3.63) is 60.2 Å². The van der Waals surface area contributed by atoms with Crippen LogP contribution >= 0.6 is 0 Å². The zero-order valence-electron chi connectivity index (χ0n) is 8.75. The molecule has 0 saturated heterocycles. The van der Waals surface area contributed by atoms with E-state index < -0.39 is 0 Å². The van der Waals surface area contributed by atoms with Crippen LogP contribution in [-0.4, -0.2) is 7.85 Å². The first-order valence-electron chi connectivity index (χ1n) is 5.17. The number of hydrogen-bond donors (Lipinski definition) is 0. The van der Waals surface area contributed by atoms with Gasteiger partial charge in [-0.2, -0.15) is 0 Å². The summed E-state index contributed by atoms with van der Waals surface area (Å²) in [6, 6.07) is 15.0. The normalized spacial score (nSPS) is 12.4. The van der Waals surface area contributed by atoms with Gasteiger partial charge >= 0.3 is 0 Å². The summed E-state index contributed by atoms with van der Waals surface area (Å²) in [5.41, 5.74) is 7.65. The summed E-state index contributed by atoms with van der Waals surface area (Å²) >= 11 is 0. The predicted octanol–water partition coefficient (Wildman–Crippen LogP) is 1.99. The first kappa shape index (κ1) is 8.54. The highest BCUT2D eigenvalue weighted by Gasteiger charge is 2.20. The Bertz CT molecular complexity index is 567. The molecule has 0 aliphatic heterocycles. The van der Waals surface area contributed by atoms with E-state index in [1.807, 2.05) is 0 Å². The summed E-state index contributed by atoms with van der Waals surface area (Å²) in [6.07, 6.45) is 0. The first-order chi connectivity index (χ1) is 7.27. The fourth-order valence-corrected chi connectivity index (χ4v) is 2.27. The Balaban J connectivity index is 2.38. The third kappa shape index (κ3) is 1.10. The van der Waals surface area contributed by atoms with Gasteiger partial charge in [-0.15, -0.1) is 0 Å². The van der Waals surface area contributed by atoms with Gasteiger partial charge < -0.3 is 0 Å². The number of rotatable bonds is 0. The van der Waals surface area contributed by atoms with Crippen molar-refractivity contribution in [1.29, 1.82) is 0 Å². The molecule has 0 saturated carbocycles. The van der Waals surface area contributed by atoms with Crippen LogP contribution in [0.15, 0.2) is 49.0 Å². The molecule has 0 aromatic heterocycles. The van der Waals surface area contributed by atoms with Crippen LogP contribution in [0.5, 0.6) is 0 Å². The van der Waals surface area contributed by atoms with E-state index in [2.05, 4.69) is 56.9 Å². The van der Waals surface area contributed by atoms with Gasteiger partial charge in [0, 0.05) is 0 Å². The fraction of sp³-hybridized carbons (Fsp3) is 0. The molecular formula is C14H11B. The summed E-state index contributed by atoms with van der Waals surface area (Å²) in [6.45, 7) is 4.18. The van der Waals surface area contributed by atoms with Crippen molar-refractivity contribution >= 4 is 18.9 Å². The maximum Gasteiger partial charge on any atom is 0.139 e. The third-order valence-corrected chi connectivity index (χ3v) is 3.04.